The molecule has 0 aliphatic heterocycles. The Morgan fingerprint density at radius 3 is 2.61 bits per heavy atom. The van der Waals surface area contributed by atoms with Crippen LogP contribution in [0.3, 0.4) is 0 Å². The van der Waals surface area contributed by atoms with Gasteiger partial charge in [0.25, 0.3) is 0 Å². The largest absolute Gasteiger partial charge is 0.396 e. The van der Waals surface area contributed by atoms with E-state index in [0.717, 1.165) is 15.6 Å². The average molecular weight is 271 g/mol. The molecule has 0 saturated carbocycles. The van der Waals surface area contributed by atoms with Gasteiger partial charge in [-0.2, -0.15) is 0 Å². The molecule has 1 heterocycles. The molecule has 0 aliphatic rings. The highest BCUT2D eigenvalue weighted by molar-refractivity contribution is 7.11. The van der Waals surface area contributed by atoms with Crippen molar-refractivity contribution >= 4 is 17.4 Å². The molecule has 18 heavy (non-hydrogen) atoms. The SMILES string of the molecule is Cc1nc(CNC(=O)NC(C)C(C)CO)c(C)s1. The van der Waals surface area contributed by atoms with E-state index in [2.05, 4.69) is 15.6 Å². The van der Waals surface area contributed by atoms with Gasteiger partial charge in [0, 0.05) is 17.5 Å². The zero-order chi connectivity index (χ0) is 13.7. The summed E-state index contributed by atoms with van der Waals surface area (Å²) in [5.74, 6) is 0.0407. The van der Waals surface area contributed by atoms with Crippen molar-refractivity contribution in [3.05, 3.63) is 15.6 Å². The van der Waals surface area contributed by atoms with Crippen molar-refractivity contribution in [2.75, 3.05) is 6.61 Å². The summed E-state index contributed by atoms with van der Waals surface area (Å²) >= 11 is 1.63. The average Bonchev–Trinajstić information content (AvgIpc) is 2.64. The van der Waals surface area contributed by atoms with Gasteiger partial charge in [0.15, 0.2) is 0 Å². The summed E-state index contributed by atoms with van der Waals surface area (Å²) in [6.45, 7) is 8.20. The minimum absolute atomic E-state index is 0.0407. The van der Waals surface area contributed by atoms with Gasteiger partial charge in [-0.05, 0) is 26.7 Å². The number of thiazole rings is 1. The van der Waals surface area contributed by atoms with Gasteiger partial charge in [0.05, 0.1) is 17.2 Å². The first kappa shape index (κ1) is 14.9. The van der Waals surface area contributed by atoms with E-state index < -0.39 is 0 Å². The Labute approximate surface area is 112 Å². The lowest BCUT2D eigenvalue weighted by atomic mass is 10.1. The van der Waals surface area contributed by atoms with E-state index in [1.165, 1.54) is 0 Å². The number of rotatable bonds is 5. The van der Waals surface area contributed by atoms with Gasteiger partial charge in [-0.25, -0.2) is 9.78 Å². The fraction of sp³-hybridized carbons (Fsp3) is 0.667. The van der Waals surface area contributed by atoms with Crippen LogP contribution in [0.2, 0.25) is 0 Å². The van der Waals surface area contributed by atoms with E-state index in [1.807, 2.05) is 27.7 Å². The van der Waals surface area contributed by atoms with E-state index in [4.69, 9.17) is 5.11 Å². The quantitative estimate of drug-likeness (QED) is 0.761. The van der Waals surface area contributed by atoms with Crippen LogP contribution >= 0.6 is 11.3 Å². The molecule has 1 aromatic heterocycles. The van der Waals surface area contributed by atoms with E-state index in [0.29, 0.717) is 6.54 Å². The number of aliphatic hydroxyl groups excluding tert-OH is 1. The van der Waals surface area contributed by atoms with Crippen molar-refractivity contribution in [2.24, 2.45) is 5.92 Å². The van der Waals surface area contributed by atoms with Crippen LogP contribution in [0.15, 0.2) is 0 Å². The monoisotopic (exact) mass is 271 g/mol. The number of carbonyl (C=O) groups is 1. The van der Waals surface area contributed by atoms with Crippen molar-refractivity contribution in [1.82, 2.24) is 15.6 Å². The Morgan fingerprint density at radius 2 is 2.11 bits per heavy atom. The number of nitrogens with zero attached hydrogens (tertiary/aromatic N) is 1. The number of urea groups is 1. The highest BCUT2D eigenvalue weighted by atomic mass is 32.1. The van der Waals surface area contributed by atoms with Crippen molar-refractivity contribution < 1.29 is 9.90 Å². The van der Waals surface area contributed by atoms with E-state index >= 15 is 0 Å². The second-order valence-electron chi connectivity index (χ2n) is 4.51. The lowest BCUT2D eigenvalue weighted by Gasteiger charge is -2.19. The number of hydrogen-bond donors (Lipinski definition) is 3. The van der Waals surface area contributed by atoms with Crippen LogP contribution in [0.25, 0.3) is 0 Å². The van der Waals surface area contributed by atoms with Gasteiger partial charge in [0.2, 0.25) is 0 Å². The van der Waals surface area contributed by atoms with Gasteiger partial charge in [-0.3, -0.25) is 0 Å². The van der Waals surface area contributed by atoms with E-state index in [9.17, 15) is 4.79 Å². The Morgan fingerprint density at radius 1 is 1.44 bits per heavy atom. The summed E-state index contributed by atoms with van der Waals surface area (Å²) in [7, 11) is 0. The lowest BCUT2D eigenvalue weighted by molar-refractivity contribution is 0.200. The fourth-order valence-electron chi connectivity index (χ4n) is 1.46. The minimum atomic E-state index is -0.229. The number of aliphatic hydroxyl groups is 1. The number of carbonyl (C=O) groups excluding carboxylic acids is 1. The number of aryl methyl sites for hydroxylation is 2. The molecule has 0 aliphatic carbocycles. The van der Waals surface area contributed by atoms with Crippen LogP contribution in [0.4, 0.5) is 4.79 Å². The Hall–Kier alpha value is -1.14. The third-order valence-electron chi connectivity index (χ3n) is 2.92. The Balaban J connectivity index is 2.40. The topological polar surface area (TPSA) is 74.2 Å². The molecule has 0 saturated heterocycles. The number of nitrogens with one attached hydrogen (secondary N) is 2. The molecule has 0 fully saturated rings. The molecule has 2 unspecified atom stereocenters. The van der Waals surface area contributed by atoms with Crippen molar-refractivity contribution in [3.8, 4) is 0 Å². The highest BCUT2D eigenvalue weighted by Gasteiger charge is 2.14. The molecular formula is C12H21N3O2S. The third kappa shape index (κ3) is 4.27. The zero-order valence-electron chi connectivity index (χ0n) is 11.3. The second-order valence-corrected chi connectivity index (χ2v) is 5.92. The van der Waals surface area contributed by atoms with E-state index in [-0.39, 0.29) is 24.6 Å². The Kier molecular flexibility index (Phi) is 5.55. The summed E-state index contributed by atoms with van der Waals surface area (Å²) in [5, 5.41) is 15.6. The predicted molar refractivity (Wildman–Crippen MR) is 72.7 cm³/mol. The molecule has 5 nitrogen and oxygen atoms in total. The smallest absolute Gasteiger partial charge is 0.315 e. The standard InChI is InChI=1S/C12H21N3O2S/c1-7(6-16)8(2)14-12(17)13-5-11-9(3)18-10(4)15-11/h7-8,16H,5-6H2,1-4H3,(H2,13,14,17). The summed E-state index contributed by atoms with van der Waals surface area (Å²) < 4.78 is 0. The normalized spacial score (nSPS) is 14.1. The maximum absolute atomic E-state index is 11.6. The highest BCUT2D eigenvalue weighted by Crippen LogP contribution is 2.15. The minimum Gasteiger partial charge on any atom is -0.396 e. The predicted octanol–water partition coefficient (Wildman–Crippen LogP) is 1.58. The van der Waals surface area contributed by atoms with Crippen LogP contribution in [0.1, 0.15) is 29.4 Å². The van der Waals surface area contributed by atoms with Crippen molar-refractivity contribution in [2.45, 2.75) is 40.3 Å². The van der Waals surface area contributed by atoms with Crippen LogP contribution in [-0.2, 0) is 6.54 Å². The van der Waals surface area contributed by atoms with Crippen molar-refractivity contribution in [3.63, 3.8) is 0 Å². The van der Waals surface area contributed by atoms with Crippen LogP contribution in [0, 0.1) is 19.8 Å². The maximum atomic E-state index is 11.6. The zero-order valence-corrected chi connectivity index (χ0v) is 12.1. The molecule has 2 atom stereocenters. The molecular weight excluding hydrogens is 250 g/mol. The van der Waals surface area contributed by atoms with Gasteiger partial charge >= 0.3 is 6.03 Å². The molecule has 1 rings (SSSR count). The van der Waals surface area contributed by atoms with Gasteiger partial charge < -0.3 is 15.7 Å². The maximum Gasteiger partial charge on any atom is 0.315 e. The first-order valence-corrected chi connectivity index (χ1v) is 6.83. The number of amides is 2. The third-order valence-corrected chi connectivity index (χ3v) is 3.84. The van der Waals surface area contributed by atoms with Gasteiger partial charge in [0.1, 0.15) is 0 Å². The first-order valence-electron chi connectivity index (χ1n) is 6.02. The summed E-state index contributed by atoms with van der Waals surface area (Å²) in [6, 6.07) is -0.291. The summed E-state index contributed by atoms with van der Waals surface area (Å²) in [4.78, 5) is 17.1. The fourth-order valence-corrected chi connectivity index (χ4v) is 2.29. The molecule has 1 aromatic rings. The van der Waals surface area contributed by atoms with Gasteiger partial charge in [-0.1, -0.05) is 6.92 Å². The number of hydrogen-bond acceptors (Lipinski definition) is 4. The Bertz CT molecular complexity index is 406. The first-order chi connectivity index (χ1) is 8.43. The van der Waals surface area contributed by atoms with Crippen LogP contribution < -0.4 is 10.6 Å². The summed E-state index contributed by atoms with van der Waals surface area (Å²) in [5.41, 5.74) is 0.913. The number of aromatic nitrogens is 1. The molecule has 6 heteroatoms. The molecule has 3 N–H and O–H groups in total. The lowest BCUT2D eigenvalue weighted by Crippen LogP contribution is -2.44. The van der Waals surface area contributed by atoms with Gasteiger partial charge in [-0.15, -0.1) is 11.3 Å². The van der Waals surface area contributed by atoms with E-state index in [1.54, 1.807) is 11.3 Å². The molecule has 0 bridgehead atoms. The molecule has 102 valence electrons. The molecule has 0 radical (unpaired) electrons. The summed E-state index contributed by atoms with van der Waals surface area (Å²) in [6.07, 6.45) is 0. The van der Waals surface area contributed by atoms with Crippen LogP contribution in [-0.4, -0.2) is 28.8 Å². The second kappa shape index (κ2) is 6.70. The molecule has 0 aromatic carbocycles. The molecule has 0 spiro atoms. The molecule has 2 amide bonds. The van der Waals surface area contributed by atoms with Crippen LogP contribution in [0.5, 0.6) is 0 Å². The van der Waals surface area contributed by atoms with Crippen molar-refractivity contribution in [1.29, 1.82) is 0 Å².